The Hall–Kier alpha value is -1.83. The van der Waals surface area contributed by atoms with E-state index in [1.807, 2.05) is 0 Å². The van der Waals surface area contributed by atoms with Gasteiger partial charge in [0.15, 0.2) is 12.4 Å². The average molecular weight is 735 g/mol. The second-order valence-electron chi connectivity index (χ2n) is 13.3. The predicted molar refractivity (Wildman–Crippen MR) is 191 cm³/mol. The van der Waals surface area contributed by atoms with Crippen molar-refractivity contribution in [1.29, 1.82) is 0 Å². The Kier molecular flexibility index (Phi) is 26.5. The van der Waals surface area contributed by atoms with Crippen LogP contribution in [-0.2, 0) is 38.7 Å². The molecule has 2 unspecified atom stereocenters. The summed E-state index contributed by atoms with van der Waals surface area (Å²) in [7, 11) is -4.59. The number of carbonyl (C=O) groups is 2. The number of aliphatic hydroxyl groups is 3. The zero-order valence-corrected chi connectivity index (χ0v) is 31.4. The first-order valence-corrected chi connectivity index (χ1v) is 20.6. The molecule has 0 aromatic heterocycles. The van der Waals surface area contributed by atoms with Gasteiger partial charge in [0.2, 0.25) is 0 Å². The third-order valence-electron chi connectivity index (χ3n) is 8.62. The Morgan fingerprint density at radius 1 is 0.700 bits per heavy atom. The summed E-state index contributed by atoms with van der Waals surface area (Å²) in [6.45, 7) is 3.64. The topological polar surface area (TPSA) is 186 Å². The van der Waals surface area contributed by atoms with Gasteiger partial charge in [-0.3, -0.25) is 14.1 Å². The molecule has 13 heteroatoms. The van der Waals surface area contributed by atoms with E-state index in [2.05, 4.69) is 31.7 Å². The van der Waals surface area contributed by atoms with E-state index in [0.29, 0.717) is 12.8 Å². The molecule has 1 rings (SSSR count). The maximum atomic E-state index is 12.6. The summed E-state index contributed by atoms with van der Waals surface area (Å²) in [4.78, 5) is 25.1. The Morgan fingerprint density at radius 3 is 1.74 bits per heavy atom. The van der Waals surface area contributed by atoms with E-state index in [4.69, 9.17) is 18.9 Å². The Bertz CT molecular complexity index is 1060. The first-order chi connectivity index (χ1) is 24.0. The SMILES string of the molecule is CCCCCCCC=C=CCCCCCCCC(=O)OC[C@H](CO[C@H]1O[C@H](CS(=O)(=O)O)[C@@H](O)C(O)C1O)OC(=O)CCCCCCCCC. The first kappa shape index (κ1) is 46.2. The molecular weight excluding hydrogens is 668 g/mol. The summed E-state index contributed by atoms with van der Waals surface area (Å²) in [5, 5.41) is 30.6. The average Bonchev–Trinajstić information content (AvgIpc) is 3.07. The summed E-state index contributed by atoms with van der Waals surface area (Å²) in [6.07, 6.45) is 15.1. The van der Waals surface area contributed by atoms with Gasteiger partial charge in [0.05, 0.1) is 6.61 Å². The summed E-state index contributed by atoms with van der Waals surface area (Å²) in [6, 6.07) is 0. The maximum Gasteiger partial charge on any atom is 0.306 e. The minimum atomic E-state index is -4.59. The molecule has 1 saturated heterocycles. The lowest BCUT2D eigenvalue weighted by molar-refractivity contribution is -0.297. The molecule has 50 heavy (non-hydrogen) atoms. The monoisotopic (exact) mass is 734 g/mol. The third-order valence-corrected chi connectivity index (χ3v) is 9.37. The van der Waals surface area contributed by atoms with Gasteiger partial charge in [-0.15, -0.1) is 5.73 Å². The molecule has 0 aromatic rings. The molecule has 292 valence electrons. The number of ether oxygens (including phenoxy) is 4. The van der Waals surface area contributed by atoms with Gasteiger partial charge >= 0.3 is 11.9 Å². The number of carbonyl (C=O) groups excluding carboxylic acids is 2. The second kappa shape index (κ2) is 28.7. The number of unbranched alkanes of at least 4 members (excludes halogenated alkanes) is 16. The van der Waals surface area contributed by atoms with E-state index < -0.39 is 71.2 Å². The highest BCUT2D eigenvalue weighted by atomic mass is 32.2. The Morgan fingerprint density at radius 2 is 1.20 bits per heavy atom. The largest absolute Gasteiger partial charge is 0.462 e. The fraction of sp³-hybridized carbons (Fsp3) is 0.865. The van der Waals surface area contributed by atoms with Gasteiger partial charge < -0.3 is 34.3 Å². The molecule has 0 saturated carbocycles. The van der Waals surface area contributed by atoms with E-state index in [-0.39, 0.29) is 19.4 Å². The van der Waals surface area contributed by atoms with Gasteiger partial charge in [-0.25, -0.2) is 0 Å². The van der Waals surface area contributed by atoms with Crippen LogP contribution in [0.2, 0.25) is 0 Å². The second-order valence-corrected chi connectivity index (χ2v) is 14.8. The van der Waals surface area contributed by atoms with Crippen molar-refractivity contribution in [3.8, 4) is 0 Å². The minimum absolute atomic E-state index is 0.160. The third kappa shape index (κ3) is 23.6. The number of hydrogen-bond acceptors (Lipinski definition) is 11. The van der Waals surface area contributed by atoms with Crippen LogP contribution < -0.4 is 0 Å². The maximum absolute atomic E-state index is 12.6. The van der Waals surface area contributed by atoms with Crippen LogP contribution in [0.5, 0.6) is 0 Å². The smallest absolute Gasteiger partial charge is 0.306 e. The lowest BCUT2D eigenvalue weighted by atomic mass is 10.00. The van der Waals surface area contributed by atoms with Crippen molar-refractivity contribution in [2.75, 3.05) is 19.0 Å². The molecule has 4 N–H and O–H groups in total. The van der Waals surface area contributed by atoms with E-state index in [1.165, 1.54) is 38.5 Å². The van der Waals surface area contributed by atoms with Gasteiger partial charge in [-0.2, -0.15) is 8.42 Å². The standard InChI is InChI=1S/C37H66O12S/c1-3-5-7-9-11-12-13-14-15-16-17-18-20-21-23-25-32(38)46-27-30(48-33(39)26-24-22-19-10-8-6-4-2)28-47-37-36(42)35(41)34(40)31(49-37)29-50(43,44)45/h13,15,30-31,34-37,40-42H,3-12,16-29H2,1-2H3,(H,43,44,45)/t14?,30-,31-,34-,35?,36?,37+/m1/s1. The van der Waals surface area contributed by atoms with Crippen LogP contribution in [0.25, 0.3) is 0 Å². The highest BCUT2D eigenvalue weighted by molar-refractivity contribution is 7.85. The molecule has 1 aliphatic heterocycles. The molecule has 0 bridgehead atoms. The molecule has 0 radical (unpaired) electrons. The van der Waals surface area contributed by atoms with Gasteiger partial charge in [-0.05, 0) is 50.7 Å². The lowest BCUT2D eigenvalue weighted by Crippen LogP contribution is -2.60. The lowest BCUT2D eigenvalue weighted by Gasteiger charge is -2.40. The van der Waals surface area contributed by atoms with Crippen LogP contribution in [0.15, 0.2) is 17.9 Å². The van der Waals surface area contributed by atoms with E-state index in [0.717, 1.165) is 70.6 Å². The molecule has 0 aromatic carbocycles. The molecule has 1 aliphatic rings. The van der Waals surface area contributed by atoms with Crippen molar-refractivity contribution >= 4 is 22.1 Å². The number of aliphatic hydroxyl groups excluding tert-OH is 3. The number of hydrogen-bond donors (Lipinski definition) is 4. The number of esters is 2. The van der Waals surface area contributed by atoms with Crippen LogP contribution in [0.3, 0.4) is 0 Å². The zero-order valence-electron chi connectivity index (χ0n) is 30.6. The van der Waals surface area contributed by atoms with Crippen molar-refractivity contribution in [1.82, 2.24) is 0 Å². The molecular formula is C37H66O12S. The Balaban J connectivity index is 2.50. The highest BCUT2D eigenvalue weighted by Gasteiger charge is 2.46. The van der Waals surface area contributed by atoms with Crippen LogP contribution in [0.1, 0.15) is 149 Å². The van der Waals surface area contributed by atoms with Gasteiger partial charge in [0, 0.05) is 12.8 Å². The van der Waals surface area contributed by atoms with Crippen molar-refractivity contribution in [3.63, 3.8) is 0 Å². The van der Waals surface area contributed by atoms with Crippen LogP contribution in [0.4, 0.5) is 0 Å². The molecule has 1 fully saturated rings. The van der Waals surface area contributed by atoms with E-state index in [1.54, 1.807) is 0 Å². The summed E-state index contributed by atoms with van der Waals surface area (Å²) in [5.41, 5.74) is 3.27. The molecule has 0 aliphatic carbocycles. The molecule has 12 nitrogen and oxygen atoms in total. The van der Waals surface area contributed by atoms with Gasteiger partial charge in [0.1, 0.15) is 36.8 Å². The summed E-state index contributed by atoms with van der Waals surface area (Å²) < 4.78 is 53.6. The molecule has 0 spiro atoms. The van der Waals surface area contributed by atoms with Crippen LogP contribution in [0, 0.1) is 0 Å². The highest BCUT2D eigenvalue weighted by Crippen LogP contribution is 2.24. The summed E-state index contributed by atoms with van der Waals surface area (Å²) >= 11 is 0. The van der Waals surface area contributed by atoms with Gasteiger partial charge in [-0.1, -0.05) is 97.3 Å². The fourth-order valence-electron chi connectivity index (χ4n) is 5.59. The Labute approximate surface area is 300 Å². The van der Waals surface area contributed by atoms with Crippen molar-refractivity contribution in [2.24, 2.45) is 0 Å². The predicted octanol–water partition coefficient (Wildman–Crippen LogP) is 6.10. The van der Waals surface area contributed by atoms with Crippen LogP contribution >= 0.6 is 0 Å². The number of allylic oxidation sites excluding steroid dienone is 1. The van der Waals surface area contributed by atoms with E-state index in [9.17, 15) is 37.9 Å². The fourth-order valence-corrected chi connectivity index (χ4v) is 6.28. The van der Waals surface area contributed by atoms with Crippen molar-refractivity contribution in [2.45, 2.75) is 185 Å². The van der Waals surface area contributed by atoms with Crippen LogP contribution in [-0.4, -0.2) is 96.0 Å². The van der Waals surface area contributed by atoms with Crippen molar-refractivity contribution < 1.29 is 56.8 Å². The zero-order chi connectivity index (χ0) is 37.0. The molecule has 6 atom stereocenters. The summed E-state index contributed by atoms with van der Waals surface area (Å²) in [5.74, 6) is -2.01. The minimum Gasteiger partial charge on any atom is -0.462 e. The quantitative estimate of drug-likeness (QED) is 0.0288. The van der Waals surface area contributed by atoms with Gasteiger partial charge in [0.25, 0.3) is 10.1 Å². The normalized spacial score (nSPS) is 21.3. The molecule has 1 heterocycles. The first-order valence-electron chi connectivity index (χ1n) is 19.0. The number of rotatable bonds is 30. The molecule has 0 amide bonds. The van der Waals surface area contributed by atoms with E-state index >= 15 is 0 Å². The van der Waals surface area contributed by atoms with Crippen molar-refractivity contribution in [3.05, 3.63) is 17.9 Å².